The highest BCUT2D eigenvalue weighted by Crippen LogP contribution is 2.51. The second kappa shape index (κ2) is 6.21. The predicted molar refractivity (Wildman–Crippen MR) is 92.0 cm³/mol. The van der Waals surface area contributed by atoms with Crippen molar-refractivity contribution in [2.24, 2.45) is 0 Å². The summed E-state index contributed by atoms with van der Waals surface area (Å²) in [4.78, 5) is 24.4. The van der Waals surface area contributed by atoms with E-state index in [1.807, 2.05) is 30.3 Å². The van der Waals surface area contributed by atoms with Crippen LogP contribution in [0.4, 0.5) is 0 Å². The maximum Gasteiger partial charge on any atom is 0.303 e. The molecule has 2 fully saturated rings. The van der Waals surface area contributed by atoms with Crippen LogP contribution in [0.5, 0.6) is 0 Å². The second-order valence-corrected chi connectivity index (χ2v) is 7.07. The van der Waals surface area contributed by atoms with Crippen molar-refractivity contribution >= 4 is 50.0 Å². The number of rotatable bonds is 3. The lowest BCUT2D eigenvalue weighted by Crippen LogP contribution is -2.63. The Morgan fingerprint density at radius 2 is 1.95 bits per heavy atom. The van der Waals surface area contributed by atoms with Crippen LogP contribution in [0.2, 0.25) is 0 Å². The number of β-lactam (4-membered cyclic amide) rings is 1. The Bertz CT molecular complexity index is 648. The monoisotopic (exact) mass is 431 g/mol. The minimum absolute atomic E-state index is 0.0816. The van der Waals surface area contributed by atoms with Crippen LogP contribution in [0, 0.1) is 0 Å². The number of hydrogen-bond donors (Lipinski definition) is 0. The first-order valence-electron chi connectivity index (χ1n) is 6.70. The summed E-state index contributed by atoms with van der Waals surface area (Å²) in [5.74, 6) is -0.446. The molecular weight excluding hydrogens is 417 g/mol. The topological polar surface area (TPSA) is 55.8 Å². The molecule has 0 aliphatic carbocycles. The molecule has 0 N–H and O–H groups in total. The minimum Gasteiger partial charge on any atom is -0.455 e. The lowest BCUT2D eigenvalue weighted by atomic mass is 9.95. The van der Waals surface area contributed by atoms with Crippen molar-refractivity contribution in [3.8, 4) is 0 Å². The van der Waals surface area contributed by atoms with E-state index in [-0.39, 0.29) is 17.9 Å². The van der Waals surface area contributed by atoms with E-state index in [9.17, 15) is 9.59 Å². The smallest absolute Gasteiger partial charge is 0.303 e. The van der Waals surface area contributed by atoms with Crippen LogP contribution in [-0.4, -0.2) is 41.5 Å². The molecular formula is C15H14INO4S. The molecule has 0 bridgehead atoms. The van der Waals surface area contributed by atoms with Crippen molar-refractivity contribution in [3.63, 3.8) is 0 Å². The molecule has 0 spiro atoms. The first kappa shape index (κ1) is 15.8. The van der Waals surface area contributed by atoms with Gasteiger partial charge in [-0.25, -0.2) is 0 Å². The van der Waals surface area contributed by atoms with Gasteiger partial charge >= 0.3 is 5.97 Å². The maximum absolute atomic E-state index is 12.0. The van der Waals surface area contributed by atoms with E-state index in [0.29, 0.717) is 0 Å². The standard InChI is InChI=1S/C15H14INO4S/c1-8(18)21-12-11-13(20-2)15(19)17(11)22-14(12)10(16)9-6-4-3-5-7-9/h3-7,11-13H,1-2H3/b14-10+/t11-,12?,13+/m0/s1. The van der Waals surface area contributed by atoms with Crippen LogP contribution in [-0.2, 0) is 19.1 Å². The van der Waals surface area contributed by atoms with Gasteiger partial charge < -0.3 is 9.47 Å². The lowest BCUT2D eigenvalue weighted by Gasteiger charge is -2.40. The first-order chi connectivity index (χ1) is 10.5. The van der Waals surface area contributed by atoms with E-state index >= 15 is 0 Å². The van der Waals surface area contributed by atoms with Crippen molar-refractivity contribution in [2.45, 2.75) is 25.2 Å². The number of carbonyl (C=O) groups is 2. The number of amides is 1. The van der Waals surface area contributed by atoms with Gasteiger partial charge in [-0.05, 0) is 40.1 Å². The van der Waals surface area contributed by atoms with E-state index < -0.39 is 12.2 Å². The Hall–Kier alpha value is -1.06. The Morgan fingerprint density at radius 3 is 2.55 bits per heavy atom. The fourth-order valence-electron chi connectivity index (χ4n) is 2.59. The molecule has 0 saturated carbocycles. The third-order valence-electron chi connectivity index (χ3n) is 3.60. The van der Waals surface area contributed by atoms with E-state index in [2.05, 4.69) is 22.6 Å². The van der Waals surface area contributed by atoms with Gasteiger partial charge in [-0.3, -0.25) is 13.9 Å². The summed E-state index contributed by atoms with van der Waals surface area (Å²) < 4.78 is 13.3. The maximum atomic E-state index is 12.0. The highest BCUT2D eigenvalue weighted by Gasteiger charge is 2.60. The third kappa shape index (κ3) is 2.55. The van der Waals surface area contributed by atoms with Gasteiger partial charge in [-0.1, -0.05) is 30.3 Å². The molecule has 1 amide bonds. The summed E-state index contributed by atoms with van der Waals surface area (Å²) >= 11 is 3.57. The highest BCUT2D eigenvalue weighted by atomic mass is 127. The minimum atomic E-state index is -0.547. The van der Waals surface area contributed by atoms with E-state index in [4.69, 9.17) is 9.47 Å². The van der Waals surface area contributed by atoms with E-state index in [1.54, 1.807) is 4.31 Å². The summed E-state index contributed by atoms with van der Waals surface area (Å²) in [7, 11) is 1.50. The Labute approximate surface area is 146 Å². The number of fused-ring (bicyclic) bond motifs is 1. The number of carbonyl (C=O) groups excluding carboxylic acids is 2. The van der Waals surface area contributed by atoms with Crippen LogP contribution in [0.1, 0.15) is 12.5 Å². The summed E-state index contributed by atoms with van der Waals surface area (Å²) in [5.41, 5.74) is 1.03. The van der Waals surface area contributed by atoms with Crippen LogP contribution in [0.3, 0.4) is 0 Å². The summed E-state index contributed by atoms with van der Waals surface area (Å²) in [5, 5.41) is 0. The van der Waals surface area contributed by atoms with Crippen molar-refractivity contribution in [3.05, 3.63) is 40.8 Å². The molecule has 1 aromatic rings. The van der Waals surface area contributed by atoms with Gasteiger partial charge in [0.15, 0.2) is 12.2 Å². The largest absolute Gasteiger partial charge is 0.455 e. The van der Waals surface area contributed by atoms with Crippen LogP contribution < -0.4 is 0 Å². The molecule has 7 heteroatoms. The van der Waals surface area contributed by atoms with Gasteiger partial charge in [0.05, 0.1) is 4.91 Å². The SMILES string of the molecule is CO[C@H]1C(=O)N2S/C(=C(/I)c3ccccc3)C(OC(C)=O)[C@@H]12. The zero-order valence-electron chi connectivity index (χ0n) is 12.0. The Morgan fingerprint density at radius 1 is 1.27 bits per heavy atom. The summed E-state index contributed by atoms with van der Waals surface area (Å²) in [6.45, 7) is 1.38. The highest BCUT2D eigenvalue weighted by molar-refractivity contribution is 14.1. The molecule has 116 valence electrons. The number of hydrogen-bond acceptors (Lipinski definition) is 5. The zero-order valence-corrected chi connectivity index (χ0v) is 15.0. The van der Waals surface area contributed by atoms with Gasteiger partial charge in [0.2, 0.25) is 0 Å². The average Bonchev–Trinajstić information content (AvgIpc) is 2.82. The summed E-state index contributed by atoms with van der Waals surface area (Å²) in [6, 6.07) is 9.58. The number of nitrogens with zero attached hydrogens (tertiary/aromatic N) is 1. The number of benzene rings is 1. The molecule has 0 radical (unpaired) electrons. The van der Waals surface area contributed by atoms with E-state index in [1.165, 1.54) is 26.0 Å². The zero-order chi connectivity index (χ0) is 15.9. The van der Waals surface area contributed by atoms with Gasteiger partial charge in [0, 0.05) is 17.6 Å². The molecule has 2 saturated heterocycles. The number of halogens is 1. The van der Waals surface area contributed by atoms with Gasteiger partial charge in [0.25, 0.3) is 5.91 Å². The Balaban J connectivity index is 1.99. The number of esters is 1. The van der Waals surface area contributed by atoms with Crippen LogP contribution in [0.15, 0.2) is 35.2 Å². The molecule has 5 nitrogen and oxygen atoms in total. The Kier molecular flexibility index (Phi) is 4.47. The number of methoxy groups -OCH3 is 1. The van der Waals surface area contributed by atoms with Crippen molar-refractivity contribution in [1.82, 2.24) is 4.31 Å². The van der Waals surface area contributed by atoms with Crippen LogP contribution in [0.25, 0.3) is 3.58 Å². The lowest BCUT2D eigenvalue weighted by molar-refractivity contribution is -0.169. The van der Waals surface area contributed by atoms with E-state index in [0.717, 1.165) is 14.0 Å². The third-order valence-corrected chi connectivity index (χ3v) is 6.42. The molecule has 1 unspecified atom stereocenters. The van der Waals surface area contributed by atoms with Gasteiger partial charge in [-0.2, -0.15) is 0 Å². The molecule has 2 aliphatic heterocycles. The average molecular weight is 431 g/mol. The predicted octanol–water partition coefficient (Wildman–Crippen LogP) is 2.61. The molecule has 0 aromatic heterocycles. The fraction of sp³-hybridized carbons (Fsp3) is 0.333. The quantitative estimate of drug-likeness (QED) is 0.319. The molecule has 3 atom stereocenters. The second-order valence-electron chi connectivity index (χ2n) is 4.98. The normalized spacial score (nSPS) is 29.0. The van der Waals surface area contributed by atoms with Gasteiger partial charge in [0.1, 0.15) is 6.04 Å². The molecule has 3 rings (SSSR count). The van der Waals surface area contributed by atoms with Crippen molar-refractivity contribution in [2.75, 3.05) is 7.11 Å². The van der Waals surface area contributed by atoms with Crippen LogP contribution >= 0.6 is 34.5 Å². The molecule has 1 aromatic carbocycles. The summed E-state index contributed by atoms with van der Waals surface area (Å²) in [6.07, 6.45) is -1.02. The fourth-order valence-corrected chi connectivity index (χ4v) is 4.79. The van der Waals surface area contributed by atoms with Gasteiger partial charge in [-0.15, -0.1) is 0 Å². The number of ether oxygens (including phenoxy) is 2. The van der Waals surface area contributed by atoms with Crippen molar-refractivity contribution < 1.29 is 19.1 Å². The molecule has 2 heterocycles. The first-order valence-corrected chi connectivity index (χ1v) is 8.56. The van der Waals surface area contributed by atoms with Crippen molar-refractivity contribution in [1.29, 1.82) is 0 Å². The molecule has 2 aliphatic rings. The molecule has 22 heavy (non-hydrogen) atoms.